The number of benzene rings is 5. The molecule has 0 aliphatic rings. The second-order valence-corrected chi connectivity index (χ2v) is 12.5. The van der Waals surface area contributed by atoms with Crippen molar-refractivity contribution in [2.75, 3.05) is 14.2 Å². The van der Waals surface area contributed by atoms with Gasteiger partial charge in [0.25, 0.3) is 0 Å². The highest BCUT2D eigenvalue weighted by atomic mass is 16.5. The normalized spacial score (nSPS) is 11.1. The van der Waals surface area contributed by atoms with E-state index in [0.29, 0.717) is 19.0 Å². The maximum atomic E-state index is 11.8. The van der Waals surface area contributed by atoms with Gasteiger partial charge in [-0.15, -0.1) is 0 Å². The summed E-state index contributed by atoms with van der Waals surface area (Å²) in [5.74, 6) is 0.636. The molecule has 1 aromatic heterocycles. The molecule has 0 unspecified atom stereocenters. The SMILES string of the molecule is COc1ccc(C(OCc2ccc(-c3ccc(OCc4cccc(COC(=O)CCC(=O)O)c4)cc3)nc2)(c2ccccc2)c2ccc(OC)cc2)cc1. The third kappa shape index (κ3) is 9.31. The first kappa shape index (κ1) is 37.3. The molecule has 0 aliphatic heterocycles. The van der Waals surface area contributed by atoms with Crippen molar-refractivity contribution in [2.45, 2.75) is 38.3 Å². The van der Waals surface area contributed by atoms with E-state index in [1.54, 1.807) is 14.2 Å². The van der Waals surface area contributed by atoms with Crippen LogP contribution in [-0.4, -0.2) is 36.2 Å². The van der Waals surface area contributed by atoms with Gasteiger partial charge in [0.1, 0.15) is 36.1 Å². The van der Waals surface area contributed by atoms with Crippen LogP contribution in [0.4, 0.5) is 0 Å². The average molecular weight is 724 g/mol. The number of aromatic nitrogens is 1. The summed E-state index contributed by atoms with van der Waals surface area (Å²) in [7, 11) is 3.31. The second kappa shape index (κ2) is 17.9. The van der Waals surface area contributed by atoms with E-state index in [1.807, 2.05) is 134 Å². The zero-order chi connectivity index (χ0) is 37.8. The Morgan fingerprint density at radius 1 is 0.593 bits per heavy atom. The van der Waals surface area contributed by atoms with Gasteiger partial charge in [-0.05, 0) is 94.0 Å². The van der Waals surface area contributed by atoms with Crippen molar-refractivity contribution in [3.63, 3.8) is 0 Å². The molecule has 54 heavy (non-hydrogen) atoms. The molecule has 0 bridgehead atoms. The van der Waals surface area contributed by atoms with Gasteiger partial charge in [0.05, 0.1) is 39.4 Å². The lowest BCUT2D eigenvalue weighted by Crippen LogP contribution is -2.32. The van der Waals surface area contributed by atoms with Crippen molar-refractivity contribution in [1.29, 1.82) is 0 Å². The van der Waals surface area contributed by atoms with Crippen LogP contribution in [0.1, 0.15) is 46.2 Å². The van der Waals surface area contributed by atoms with E-state index in [9.17, 15) is 9.59 Å². The maximum absolute atomic E-state index is 11.8. The minimum atomic E-state index is -1.03. The van der Waals surface area contributed by atoms with E-state index < -0.39 is 17.5 Å². The number of ether oxygens (including phenoxy) is 5. The molecule has 274 valence electrons. The van der Waals surface area contributed by atoms with E-state index in [1.165, 1.54) is 0 Å². The van der Waals surface area contributed by atoms with Crippen molar-refractivity contribution >= 4 is 11.9 Å². The van der Waals surface area contributed by atoms with E-state index in [-0.39, 0.29) is 19.4 Å². The molecule has 0 radical (unpaired) electrons. The fourth-order valence-corrected chi connectivity index (χ4v) is 6.09. The largest absolute Gasteiger partial charge is 0.497 e. The molecule has 0 fully saturated rings. The van der Waals surface area contributed by atoms with Crippen LogP contribution in [0, 0.1) is 0 Å². The number of carbonyl (C=O) groups is 2. The van der Waals surface area contributed by atoms with Gasteiger partial charge in [0, 0.05) is 11.8 Å². The average Bonchev–Trinajstić information content (AvgIpc) is 3.23. The van der Waals surface area contributed by atoms with Gasteiger partial charge in [0.15, 0.2) is 0 Å². The molecule has 9 heteroatoms. The second-order valence-electron chi connectivity index (χ2n) is 12.5. The third-order valence-corrected chi connectivity index (χ3v) is 8.94. The standard InChI is InChI=1S/C45H41NO8/c1-50-39-20-14-37(15-21-39)45(36-9-4-3-5-10-36,38-16-22-40(51-2)23-17-38)54-31-34-11-24-42(46-28-34)35-12-18-41(19-13-35)52-29-32-7-6-8-33(27-32)30-53-44(49)26-25-43(47)48/h3-24,27-28H,25-26,29-31H2,1-2H3,(H,47,48). The molecule has 5 aromatic carbocycles. The van der Waals surface area contributed by atoms with Crippen LogP contribution in [0.25, 0.3) is 11.3 Å². The summed E-state index contributed by atoms with van der Waals surface area (Å²) in [6.07, 6.45) is 1.43. The van der Waals surface area contributed by atoms with Gasteiger partial charge < -0.3 is 28.8 Å². The van der Waals surface area contributed by atoms with Gasteiger partial charge >= 0.3 is 11.9 Å². The van der Waals surface area contributed by atoms with Gasteiger partial charge in [0.2, 0.25) is 0 Å². The van der Waals surface area contributed by atoms with Gasteiger partial charge in [-0.1, -0.05) is 78.9 Å². The summed E-state index contributed by atoms with van der Waals surface area (Å²) in [5.41, 5.74) is 6.33. The van der Waals surface area contributed by atoms with Crippen molar-refractivity contribution in [2.24, 2.45) is 0 Å². The Hall–Kier alpha value is -6.45. The molecule has 1 N–H and O–H groups in total. The molecular formula is C45H41NO8. The first-order valence-electron chi connectivity index (χ1n) is 17.5. The number of aliphatic carboxylic acids is 1. The zero-order valence-corrected chi connectivity index (χ0v) is 30.1. The van der Waals surface area contributed by atoms with Crippen LogP contribution >= 0.6 is 0 Å². The lowest BCUT2D eigenvalue weighted by atomic mass is 9.80. The summed E-state index contributed by atoms with van der Waals surface area (Å²) in [6, 6.07) is 45.4. The molecule has 0 atom stereocenters. The number of carboxylic acid groups (broad SMARTS) is 1. The Bertz CT molecular complexity index is 2070. The van der Waals surface area contributed by atoms with Crippen molar-refractivity contribution in [3.05, 3.63) is 179 Å². The molecule has 0 saturated heterocycles. The molecule has 1 heterocycles. The van der Waals surface area contributed by atoms with Gasteiger partial charge in [-0.25, -0.2) is 0 Å². The number of rotatable bonds is 17. The van der Waals surface area contributed by atoms with Gasteiger partial charge in [-0.2, -0.15) is 0 Å². The van der Waals surface area contributed by atoms with Gasteiger partial charge in [-0.3, -0.25) is 14.6 Å². The van der Waals surface area contributed by atoms with Crippen LogP contribution in [0.5, 0.6) is 17.2 Å². The summed E-state index contributed by atoms with van der Waals surface area (Å²) in [5, 5.41) is 8.74. The summed E-state index contributed by atoms with van der Waals surface area (Å²) < 4.78 is 29.2. The van der Waals surface area contributed by atoms with Crippen molar-refractivity contribution < 1.29 is 38.4 Å². The molecule has 9 nitrogen and oxygen atoms in total. The van der Waals surface area contributed by atoms with Crippen LogP contribution < -0.4 is 14.2 Å². The van der Waals surface area contributed by atoms with E-state index in [0.717, 1.165) is 56.1 Å². The van der Waals surface area contributed by atoms with Crippen LogP contribution in [0.15, 0.2) is 146 Å². The number of carboxylic acids is 1. The fourth-order valence-electron chi connectivity index (χ4n) is 6.09. The number of methoxy groups -OCH3 is 2. The molecule has 6 rings (SSSR count). The smallest absolute Gasteiger partial charge is 0.306 e. The van der Waals surface area contributed by atoms with Crippen LogP contribution in [0.3, 0.4) is 0 Å². The molecule has 0 aliphatic carbocycles. The van der Waals surface area contributed by atoms with Crippen molar-refractivity contribution in [1.82, 2.24) is 4.98 Å². The number of hydrogen-bond donors (Lipinski definition) is 1. The number of nitrogens with zero attached hydrogens (tertiary/aromatic N) is 1. The molecule has 6 aromatic rings. The Morgan fingerprint density at radius 3 is 1.76 bits per heavy atom. The first-order valence-corrected chi connectivity index (χ1v) is 17.5. The highest BCUT2D eigenvalue weighted by molar-refractivity contribution is 5.76. The van der Waals surface area contributed by atoms with Crippen LogP contribution in [-0.2, 0) is 44.5 Å². The Labute approximate surface area is 314 Å². The molecule has 0 amide bonds. The lowest BCUT2D eigenvalue weighted by molar-refractivity contribution is -0.148. The first-order chi connectivity index (χ1) is 26.4. The predicted octanol–water partition coefficient (Wildman–Crippen LogP) is 8.76. The van der Waals surface area contributed by atoms with Crippen molar-refractivity contribution in [3.8, 4) is 28.5 Å². The topological polar surface area (TPSA) is 113 Å². The lowest BCUT2D eigenvalue weighted by Gasteiger charge is -2.36. The zero-order valence-electron chi connectivity index (χ0n) is 30.1. The Balaban J connectivity index is 1.13. The Morgan fingerprint density at radius 2 is 1.19 bits per heavy atom. The number of pyridine rings is 1. The molecular weight excluding hydrogens is 682 g/mol. The monoisotopic (exact) mass is 723 g/mol. The quantitative estimate of drug-likeness (QED) is 0.0729. The summed E-state index contributed by atoms with van der Waals surface area (Å²) in [4.78, 5) is 27.2. The van der Waals surface area contributed by atoms with Crippen LogP contribution in [0.2, 0.25) is 0 Å². The minimum Gasteiger partial charge on any atom is -0.497 e. The van der Waals surface area contributed by atoms with E-state index in [4.69, 9.17) is 33.8 Å². The highest BCUT2D eigenvalue weighted by Gasteiger charge is 2.38. The molecule has 0 saturated carbocycles. The third-order valence-electron chi connectivity index (χ3n) is 8.94. The summed E-state index contributed by atoms with van der Waals surface area (Å²) in [6.45, 7) is 0.685. The fraction of sp³-hybridized carbons (Fsp3) is 0.178. The Kier molecular flexibility index (Phi) is 12.3. The highest BCUT2D eigenvalue weighted by Crippen LogP contribution is 2.42. The van der Waals surface area contributed by atoms with E-state index >= 15 is 0 Å². The maximum Gasteiger partial charge on any atom is 0.306 e. The number of esters is 1. The van der Waals surface area contributed by atoms with E-state index in [2.05, 4.69) is 12.1 Å². The summed E-state index contributed by atoms with van der Waals surface area (Å²) >= 11 is 0. The number of hydrogen-bond acceptors (Lipinski definition) is 8. The molecule has 0 spiro atoms. The minimum absolute atomic E-state index is 0.0676. The number of carbonyl (C=O) groups excluding carboxylic acids is 1. The predicted molar refractivity (Wildman–Crippen MR) is 204 cm³/mol.